The molecule has 0 bridgehead atoms. The summed E-state index contributed by atoms with van der Waals surface area (Å²) >= 11 is 12.6. The van der Waals surface area contributed by atoms with Gasteiger partial charge in [-0.25, -0.2) is 9.98 Å². The highest BCUT2D eigenvalue weighted by Crippen LogP contribution is 2.34. The van der Waals surface area contributed by atoms with Crippen molar-refractivity contribution in [2.24, 2.45) is 21.8 Å². The molecule has 0 aliphatic heterocycles. The summed E-state index contributed by atoms with van der Waals surface area (Å²) in [5.74, 6) is -1.21. The van der Waals surface area contributed by atoms with Crippen LogP contribution in [0.15, 0.2) is 9.98 Å². The highest BCUT2D eigenvalue weighted by molar-refractivity contribution is 7.10. The molecular weight excluding hydrogens is 462 g/mol. The van der Waals surface area contributed by atoms with Gasteiger partial charge in [0, 0.05) is 29.8 Å². The lowest BCUT2D eigenvalue weighted by molar-refractivity contribution is -0.135. The molecule has 174 valence electrons. The number of nitrogens with zero attached hydrogens (tertiary/aromatic N) is 2. The monoisotopic (exact) mass is 492 g/mol. The minimum Gasteiger partial charge on any atom is -0.451 e. The first-order valence-electron chi connectivity index (χ1n) is 10.6. The molecular formula is C20H31Cl2N4O4P. The van der Waals surface area contributed by atoms with Crippen molar-refractivity contribution >= 4 is 56.5 Å². The lowest BCUT2D eigenvalue weighted by Crippen LogP contribution is -2.48. The van der Waals surface area contributed by atoms with Gasteiger partial charge in [-0.2, -0.15) is 0 Å². The van der Waals surface area contributed by atoms with Crippen molar-refractivity contribution in [1.29, 1.82) is 0 Å². The normalized spacial score (nSPS) is 29.1. The summed E-state index contributed by atoms with van der Waals surface area (Å²) in [4.78, 5) is 44.9. The Morgan fingerprint density at radius 2 is 1.87 bits per heavy atom. The van der Waals surface area contributed by atoms with Gasteiger partial charge in [0.25, 0.3) is 0 Å². The Balaban J connectivity index is 1.89. The average molecular weight is 493 g/mol. The Morgan fingerprint density at radius 1 is 1.16 bits per heavy atom. The summed E-state index contributed by atoms with van der Waals surface area (Å²) in [5, 5.41) is 5.37. The van der Waals surface area contributed by atoms with E-state index in [0.717, 1.165) is 19.3 Å². The zero-order valence-corrected chi connectivity index (χ0v) is 20.4. The zero-order chi connectivity index (χ0) is 22.8. The smallest absolute Gasteiger partial charge is 0.310 e. The van der Waals surface area contributed by atoms with Gasteiger partial charge in [-0.15, -0.1) is 23.2 Å². The molecule has 8 nitrogen and oxygen atoms in total. The molecule has 2 saturated carbocycles. The van der Waals surface area contributed by atoms with E-state index in [1.807, 2.05) is 9.47 Å². The van der Waals surface area contributed by atoms with Crippen LogP contribution in [0.25, 0.3) is 0 Å². The first kappa shape index (κ1) is 26.1. The third-order valence-electron chi connectivity index (χ3n) is 5.84. The van der Waals surface area contributed by atoms with E-state index in [1.54, 1.807) is 7.05 Å². The number of hydrogen-bond donors (Lipinski definition) is 2. The van der Waals surface area contributed by atoms with Crippen LogP contribution in [0.1, 0.15) is 51.4 Å². The van der Waals surface area contributed by atoms with Gasteiger partial charge in [0.05, 0.1) is 34.5 Å². The quantitative estimate of drug-likeness (QED) is 0.308. The molecule has 11 heteroatoms. The Kier molecular flexibility index (Phi) is 11.2. The second-order valence-corrected chi connectivity index (χ2v) is 9.69. The third-order valence-corrected chi connectivity index (χ3v) is 6.82. The van der Waals surface area contributed by atoms with Crippen LogP contribution in [0.4, 0.5) is 0 Å². The lowest BCUT2D eigenvalue weighted by Gasteiger charge is -2.34. The molecule has 2 rings (SSSR count). The van der Waals surface area contributed by atoms with Crippen LogP contribution >= 0.6 is 32.7 Å². The van der Waals surface area contributed by atoms with Gasteiger partial charge in [-0.1, -0.05) is 6.42 Å². The van der Waals surface area contributed by atoms with Gasteiger partial charge in [0.15, 0.2) is 0 Å². The highest BCUT2D eigenvalue weighted by atomic mass is 35.5. The van der Waals surface area contributed by atoms with Gasteiger partial charge < -0.3 is 15.2 Å². The molecule has 2 aliphatic rings. The fourth-order valence-corrected chi connectivity index (χ4v) is 5.42. The van der Waals surface area contributed by atoms with Crippen molar-refractivity contribution in [3.63, 3.8) is 0 Å². The van der Waals surface area contributed by atoms with Crippen molar-refractivity contribution in [3.05, 3.63) is 0 Å². The molecule has 0 spiro atoms. The Hall–Kier alpha value is -1.20. The van der Waals surface area contributed by atoms with E-state index >= 15 is 0 Å². The number of carbonyl (C=O) groups is 3. The van der Waals surface area contributed by atoms with E-state index < -0.39 is 12.0 Å². The van der Waals surface area contributed by atoms with Gasteiger partial charge in [0.1, 0.15) is 0 Å². The first-order chi connectivity index (χ1) is 14.8. The molecule has 2 aliphatic carbocycles. The van der Waals surface area contributed by atoms with Crippen LogP contribution in [-0.4, -0.2) is 60.2 Å². The van der Waals surface area contributed by atoms with E-state index in [4.69, 9.17) is 27.7 Å². The SMILES string of the molecule is CN=C=NC1CCCC(C(=O)NCC(=O)NC(CC(=O)OP)C2CC(Cl)CC(Cl)C2)C1. The molecule has 2 fully saturated rings. The van der Waals surface area contributed by atoms with Crippen molar-refractivity contribution in [1.82, 2.24) is 10.6 Å². The van der Waals surface area contributed by atoms with E-state index in [0.29, 0.717) is 25.7 Å². The van der Waals surface area contributed by atoms with Crippen LogP contribution in [0.3, 0.4) is 0 Å². The fourth-order valence-electron chi connectivity index (χ4n) is 4.34. The fraction of sp³-hybridized carbons (Fsp3) is 0.800. The topological polar surface area (TPSA) is 109 Å². The number of halogens is 2. The van der Waals surface area contributed by atoms with Crippen LogP contribution in [0, 0.1) is 11.8 Å². The maximum Gasteiger partial charge on any atom is 0.310 e. The van der Waals surface area contributed by atoms with Crippen molar-refractivity contribution < 1.29 is 18.9 Å². The second-order valence-electron chi connectivity index (χ2n) is 8.22. The van der Waals surface area contributed by atoms with Gasteiger partial charge >= 0.3 is 5.97 Å². The van der Waals surface area contributed by atoms with Crippen LogP contribution in [-0.2, 0) is 18.9 Å². The predicted molar refractivity (Wildman–Crippen MR) is 124 cm³/mol. The van der Waals surface area contributed by atoms with Crippen molar-refractivity contribution in [3.8, 4) is 0 Å². The number of nitrogens with one attached hydrogen (secondary N) is 2. The molecule has 6 unspecified atom stereocenters. The molecule has 31 heavy (non-hydrogen) atoms. The Labute approximate surface area is 195 Å². The Bertz CT molecular complexity index is 695. The Morgan fingerprint density at radius 3 is 2.52 bits per heavy atom. The van der Waals surface area contributed by atoms with Gasteiger partial charge in [-0.05, 0) is 44.4 Å². The summed E-state index contributed by atoms with van der Waals surface area (Å²) in [7, 11) is 3.53. The average Bonchev–Trinajstić information content (AvgIpc) is 2.74. The lowest BCUT2D eigenvalue weighted by atomic mass is 9.82. The van der Waals surface area contributed by atoms with Gasteiger partial charge in [-0.3, -0.25) is 14.4 Å². The molecule has 0 radical (unpaired) electrons. The second kappa shape index (κ2) is 13.4. The summed E-state index contributed by atoms with van der Waals surface area (Å²) < 4.78 is 4.69. The van der Waals surface area contributed by atoms with Crippen molar-refractivity contribution in [2.75, 3.05) is 13.6 Å². The predicted octanol–water partition coefficient (Wildman–Crippen LogP) is 2.69. The van der Waals surface area contributed by atoms with E-state index in [9.17, 15) is 14.4 Å². The molecule has 0 saturated heterocycles. The largest absolute Gasteiger partial charge is 0.451 e. The van der Waals surface area contributed by atoms with Crippen molar-refractivity contribution in [2.45, 2.75) is 74.2 Å². The number of rotatable bonds is 8. The number of amides is 2. The summed E-state index contributed by atoms with van der Waals surface area (Å²) in [5.41, 5.74) is 0. The van der Waals surface area contributed by atoms with Crippen LogP contribution in [0.5, 0.6) is 0 Å². The van der Waals surface area contributed by atoms with Gasteiger partial charge in [0.2, 0.25) is 11.8 Å². The molecule has 0 aromatic rings. The summed E-state index contributed by atoms with van der Waals surface area (Å²) in [6.07, 6.45) is 5.20. The molecule has 0 heterocycles. The number of alkyl halides is 2. The zero-order valence-electron chi connectivity index (χ0n) is 17.7. The summed E-state index contributed by atoms with van der Waals surface area (Å²) in [6.45, 7) is -0.159. The van der Waals surface area contributed by atoms with Crippen LogP contribution in [0.2, 0.25) is 0 Å². The number of hydrogen-bond acceptors (Lipinski definition) is 6. The molecule has 2 amide bonds. The first-order valence-corrected chi connectivity index (χ1v) is 11.9. The molecule has 6 atom stereocenters. The maximum absolute atomic E-state index is 12.5. The molecule has 2 N–H and O–H groups in total. The van der Waals surface area contributed by atoms with E-state index in [2.05, 4.69) is 26.6 Å². The van der Waals surface area contributed by atoms with Crippen LogP contribution < -0.4 is 10.6 Å². The standard InChI is InChI=1S/C20H31Cl2N4O4P/c1-23-11-25-16-4-2-3-12(7-16)20(29)24-10-18(27)26-17(9-19(28)30-31)13-5-14(21)8-15(22)6-13/h12-17H,2-10,31H2,1H3,(H,24,29)(H,26,27). The minimum atomic E-state index is -0.456. The number of carbonyl (C=O) groups excluding carboxylic acids is 3. The maximum atomic E-state index is 12.5. The molecule has 0 aromatic heterocycles. The molecule has 0 aromatic carbocycles. The van der Waals surface area contributed by atoms with E-state index in [1.165, 1.54) is 0 Å². The van der Waals surface area contributed by atoms with E-state index in [-0.39, 0.29) is 53.4 Å². The minimum absolute atomic E-state index is 0.0162. The third kappa shape index (κ3) is 9.05. The summed E-state index contributed by atoms with van der Waals surface area (Å²) in [6, 6.07) is 2.18. The number of aliphatic imine (C=N–C) groups is 2. The highest BCUT2D eigenvalue weighted by Gasteiger charge is 2.34.